The van der Waals surface area contributed by atoms with Crippen LogP contribution in [0.1, 0.15) is 18.3 Å². The minimum Gasteiger partial charge on any atom is -0.383 e. The zero-order valence-electron chi connectivity index (χ0n) is 16.1. The summed E-state index contributed by atoms with van der Waals surface area (Å²) in [7, 11) is 1.65. The van der Waals surface area contributed by atoms with Gasteiger partial charge in [0.05, 0.1) is 24.1 Å². The van der Waals surface area contributed by atoms with E-state index in [1.807, 2.05) is 35.2 Å². The van der Waals surface area contributed by atoms with Crippen LogP contribution >= 0.6 is 12.2 Å². The molecule has 0 unspecified atom stereocenters. The highest BCUT2D eigenvalue weighted by molar-refractivity contribution is 7.80. The number of aromatic amines is 1. The summed E-state index contributed by atoms with van der Waals surface area (Å²) >= 11 is 5.60. The van der Waals surface area contributed by atoms with Crippen molar-refractivity contribution in [2.45, 2.75) is 19.9 Å². The largest absolute Gasteiger partial charge is 0.383 e. The first kappa shape index (κ1) is 20.0. The van der Waals surface area contributed by atoms with Crippen LogP contribution in [0.4, 0.5) is 5.69 Å². The van der Waals surface area contributed by atoms with Gasteiger partial charge in [-0.05, 0) is 48.5 Å². The first-order valence-corrected chi connectivity index (χ1v) is 9.63. The van der Waals surface area contributed by atoms with Crippen LogP contribution < -0.4 is 10.9 Å². The second kappa shape index (κ2) is 9.43. The zero-order valence-corrected chi connectivity index (χ0v) is 16.9. The summed E-state index contributed by atoms with van der Waals surface area (Å²) in [6.45, 7) is 3.58. The van der Waals surface area contributed by atoms with Crippen molar-refractivity contribution in [2.75, 3.05) is 25.6 Å². The van der Waals surface area contributed by atoms with Crippen LogP contribution in [0.5, 0.6) is 0 Å². The maximum Gasteiger partial charge on any atom is 0.258 e. The molecule has 0 aliphatic rings. The molecule has 0 atom stereocenters. The summed E-state index contributed by atoms with van der Waals surface area (Å²) in [5.41, 5.74) is 2.71. The quantitative estimate of drug-likeness (QED) is 0.597. The van der Waals surface area contributed by atoms with Gasteiger partial charge in [0.15, 0.2) is 5.11 Å². The van der Waals surface area contributed by atoms with E-state index in [1.54, 1.807) is 13.2 Å². The van der Waals surface area contributed by atoms with Crippen molar-refractivity contribution in [2.24, 2.45) is 0 Å². The summed E-state index contributed by atoms with van der Waals surface area (Å²) in [5.74, 6) is 0.560. The topological polar surface area (TPSA) is 70.2 Å². The normalized spacial score (nSPS) is 10.8. The van der Waals surface area contributed by atoms with E-state index in [2.05, 4.69) is 34.3 Å². The smallest absolute Gasteiger partial charge is 0.258 e. The molecule has 0 fully saturated rings. The maximum atomic E-state index is 12.3. The fourth-order valence-corrected chi connectivity index (χ4v) is 3.14. The van der Waals surface area contributed by atoms with Crippen LogP contribution in [0.15, 0.2) is 53.3 Å². The molecule has 7 heteroatoms. The fourth-order valence-electron chi connectivity index (χ4n) is 2.87. The Bertz CT molecular complexity index is 1000. The molecule has 1 heterocycles. The second-order valence-electron chi connectivity index (χ2n) is 6.42. The molecule has 0 amide bonds. The number of ether oxygens (including phenoxy) is 1. The molecule has 0 saturated carbocycles. The standard InChI is InChI=1S/C21H24N4O2S/c1-3-15-8-10-16(11-9-15)22-21(28)25(12-13-27-2)14-19-23-18-7-5-4-6-17(18)20(26)24-19/h4-11H,3,12-14H2,1-2H3,(H,22,28)(H,23,24,26). The van der Waals surface area contributed by atoms with Crippen LogP contribution in [0.25, 0.3) is 10.9 Å². The summed E-state index contributed by atoms with van der Waals surface area (Å²) in [6, 6.07) is 15.5. The van der Waals surface area contributed by atoms with Crippen molar-refractivity contribution < 1.29 is 4.74 Å². The van der Waals surface area contributed by atoms with Gasteiger partial charge in [-0.1, -0.05) is 31.2 Å². The molecular weight excluding hydrogens is 372 g/mol. The van der Waals surface area contributed by atoms with Gasteiger partial charge in [0, 0.05) is 19.3 Å². The van der Waals surface area contributed by atoms with Crippen molar-refractivity contribution in [3.05, 3.63) is 70.3 Å². The Kier molecular flexibility index (Phi) is 6.73. The van der Waals surface area contributed by atoms with E-state index < -0.39 is 0 Å². The lowest BCUT2D eigenvalue weighted by Crippen LogP contribution is -2.37. The number of fused-ring (bicyclic) bond motifs is 1. The molecular formula is C21H24N4O2S. The Hall–Kier alpha value is -2.77. The summed E-state index contributed by atoms with van der Waals surface area (Å²) < 4.78 is 5.21. The molecule has 6 nitrogen and oxygen atoms in total. The lowest BCUT2D eigenvalue weighted by atomic mass is 10.1. The van der Waals surface area contributed by atoms with Gasteiger partial charge in [0.2, 0.25) is 0 Å². The number of nitrogens with zero attached hydrogens (tertiary/aromatic N) is 2. The number of rotatable bonds is 7. The van der Waals surface area contributed by atoms with E-state index in [1.165, 1.54) is 5.56 Å². The number of hydrogen-bond acceptors (Lipinski definition) is 4. The second-order valence-corrected chi connectivity index (χ2v) is 6.81. The Morgan fingerprint density at radius 3 is 2.68 bits per heavy atom. The van der Waals surface area contributed by atoms with Crippen molar-refractivity contribution in [1.29, 1.82) is 0 Å². The van der Waals surface area contributed by atoms with E-state index in [9.17, 15) is 4.79 Å². The lowest BCUT2D eigenvalue weighted by Gasteiger charge is -2.25. The van der Waals surface area contributed by atoms with Gasteiger partial charge in [-0.25, -0.2) is 4.98 Å². The van der Waals surface area contributed by atoms with Crippen molar-refractivity contribution >= 4 is 33.9 Å². The molecule has 2 aromatic carbocycles. The predicted molar refractivity (Wildman–Crippen MR) is 117 cm³/mol. The third-order valence-corrected chi connectivity index (χ3v) is 4.83. The highest BCUT2D eigenvalue weighted by Gasteiger charge is 2.13. The lowest BCUT2D eigenvalue weighted by molar-refractivity contribution is 0.174. The van der Waals surface area contributed by atoms with E-state index in [4.69, 9.17) is 17.0 Å². The SMILES string of the molecule is CCc1ccc(NC(=S)N(CCOC)Cc2nc3ccccc3c(=O)[nH]2)cc1. The molecule has 0 saturated heterocycles. The molecule has 146 valence electrons. The van der Waals surface area contributed by atoms with Crippen molar-refractivity contribution in [3.8, 4) is 0 Å². The number of aromatic nitrogens is 2. The van der Waals surface area contributed by atoms with E-state index >= 15 is 0 Å². The minimum absolute atomic E-state index is 0.152. The number of para-hydroxylation sites is 1. The van der Waals surface area contributed by atoms with Crippen molar-refractivity contribution in [3.63, 3.8) is 0 Å². The number of H-pyrrole nitrogens is 1. The number of aryl methyl sites for hydroxylation is 1. The van der Waals surface area contributed by atoms with Gasteiger partial charge in [-0.2, -0.15) is 0 Å². The summed E-state index contributed by atoms with van der Waals surface area (Å²) in [4.78, 5) is 21.7. The highest BCUT2D eigenvalue weighted by atomic mass is 32.1. The Balaban J connectivity index is 1.79. The highest BCUT2D eigenvalue weighted by Crippen LogP contribution is 2.12. The molecule has 0 spiro atoms. The van der Waals surface area contributed by atoms with Crippen LogP contribution in [-0.2, 0) is 17.7 Å². The van der Waals surface area contributed by atoms with E-state index in [0.717, 1.165) is 12.1 Å². The number of hydrogen-bond donors (Lipinski definition) is 2. The first-order chi connectivity index (χ1) is 13.6. The van der Waals surface area contributed by atoms with Gasteiger partial charge in [-0.15, -0.1) is 0 Å². The number of benzene rings is 2. The Labute approximate surface area is 169 Å². The van der Waals surface area contributed by atoms with Crippen LogP contribution in [0.3, 0.4) is 0 Å². The van der Waals surface area contributed by atoms with Crippen LogP contribution in [0, 0.1) is 0 Å². The van der Waals surface area contributed by atoms with Crippen molar-refractivity contribution in [1.82, 2.24) is 14.9 Å². The zero-order chi connectivity index (χ0) is 19.9. The molecule has 0 aliphatic carbocycles. The average molecular weight is 397 g/mol. The monoisotopic (exact) mass is 396 g/mol. The average Bonchev–Trinajstić information content (AvgIpc) is 2.71. The minimum atomic E-state index is -0.152. The fraction of sp³-hybridized carbons (Fsp3) is 0.286. The first-order valence-electron chi connectivity index (χ1n) is 9.22. The van der Waals surface area contributed by atoms with Gasteiger partial charge < -0.3 is 19.9 Å². The molecule has 3 aromatic rings. The maximum absolute atomic E-state index is 12.3. The molecule has 0 bridgehead atoms. The molecule has 2 N–H and O–H groups in total. The summed E-state index contributed by atoms with van der Waals surface area (Å²) in [6.07, 6.45) is 0.992. The third-order valence-electron chi connectivity index (χ3n) is 4.47. The number of thiocarbonyl (C=S) groups is 1. The number of methoxy groups -OCH3 is 1. The molecule has 0 radical (unpaired) electrons. The molecule has 1 aromatic heterocycles. The Morgan fingerprint density at radius 2 is 1.96 bits per heavy atom. The number of anilines is 1. The Morgan fingerprint density at radius 1 is 1.21 bits per heavy atom. The molecule has 0 aliphatic heterocycles. The van der Waals surface area contributed by atoms with Gasteiger partial charge >= 0.3 is 0 Å². The van der Waals surface area contributed by atoms with Crippen LogP contribution in [0.2, 0.25) is 0 Å². The third kappa shape index (κ3) is 4.94. The van der Waals surface area contributed by atoms with Crippen LogP contribution in [-0.4, -0.2) is 40.2 Å². The molecule has 3 rings (SSSR count). The predicted octanol–water partition coefficient (Wildman–Crippen LogP) is 3.33. The summed E-state index contributed by atoms with van der Waals surface area (Å²) in [5, 5.41) is 4.38. The number of nitrogens with one attached hydrogen (secondary N) is 2. The van der Waals surface area contributed by atoms with Gasteiger partial charge in [0.1, 0.15) is 5.82 Å². The van der Waals surface area contributed by atoms with E-state index in [0.29, 0.717) is 41.5 Å². The molecule has 28 heavy (non-hydrogen) atoms. The van der Waals surface area contributed by atoms with E-state index in [-0.39, 0.29) is 5.56 Å². The van der Waals surface area contributed by atoms with Gasteiger partial charge in [-0.3, -0.25) is 4.79 Å². The van der Waals surface area contributed by atoms with Gasteiger partial charge in [0.25, 0.3) is 5.56 Å².